The quantitative estimate of drug-likeness (QED) is 0.0631. The Labute approximate surface area is 396 Å². The normalized spacial score (nSPS) is 11.6. The predicted octanol–water partition coefficient (Wildman–Crippen LogP) is 8.34. The summed E-state index contributed by atoms with van der Waals surface area (Å²) in [6.07, 6.45) is 0. The van der Waals surface area contributed by atoms with Crippen LogP contribution in [0, 0.1) is 0 Å². The third kappa shape index (κ3) is 8.52. The van der Waals surface area contributed by atoms with Gasteiger partial charge in [-0.3, -0.25) is 19.4 Å². The van der Waals surface area contributed by atoms with Crippen molar-refractivity contribution in [3.63, 3.8) is 0 Å². The number of carbonyl (C=O) groups excluding carboxylic acids is 2. The Bertz CT molecular complexity index is 3720. The van der Waals surface area contributed by atoms with E-state index >= 15 is 0 Å². The number of hydrogen-bond donors (Lipinski definition) is 6. The lowest BCUT2D eigenvalue weighted by atomic mass is 9.88. The van der Waals surface area contributed by atoms with Crippen molar-refractivity contribution in [2.24, 2.45) is 4.99 Å². The van der Waals surface area contributed by atoms with Crippen molar-refractivity contribution in [2.75, 3.05) is 26.0 Å². The van der Waals surface area contributed by atoms with Crippen LogP contribution in [-0.4, -0.2) is 71.3 Å². The summed E-state index contributed by atoms with van der Waals surface area (Å²) in [4.78, 5) is 83.7. The van der Waals surface area contributed by atoms with Gasteiger partial charge < -0.3 is 44.8 Å². The van der Waals surface area contributed by atoms with Gasteiger partial charge in [-0.25, -0.2) is 14.4 Å². The molecule has 0 saturated heterocycles. The van der Waals surface area contributed by atoms with Crippen molar-refractivity contribution >= 4 is 57.3 Å². The van der Waals surface area contributed by atoms with Gasteiger partial charge in [0.25, 0.3) is 11.8 Å². The minimum Gasteiger partial charge on any atom is -0.508 e. The molecule has 2 heterocycles. The molecule has 70 heavy (non-hydrogen) atoms. The van der Waals surface area contributed by atoms with Crippen LogP contribution >= 0.6 is 0 Å². The number of rotatable bonds is 12. The fraction of sp³-hybridized carbons (Fsp3) is 0.0926. The smallest absolute Gasteiger partial charge is 0.336 e. The van der Waals surface area contributed by atoms with Gasteiger partial charge in [-0.2, -0.15) is 0 Å². The Morgan fingerprint density at radius 1 is 0.571 bits per heavy atom. The molecule has 2 aliphatic heterocycles. The summed E-state index contributed by atoms with van der Waals surface area (Å²) in [7, 11) is 5.48. The Balaban J connectivity index is 0.937. The molecule has 0 unspecified atom stereocenters. The van der Waals surface area contributed by atoms with Gasteiger partial charge in [0.15, 0.2) is 5.43 Å². The Kier molecular flexibility index (Phi) is 11.9. The molecule has 5 aromatic rings. The maximum Gasteiger partial charge on any atom is 0.336 e. The van der Waals surface area contributed by atoms with E-state index in [-0.39, 0.29) is 69.1 Å². The van der Waals surface area contributed by atoms with Gasteiger partial charge in [0, 0.05) is 95.7 Å². The highest BCUT2D eigenvalue weighted by Gasteiger charge is 2.27. The number of benzene rings is 7. The third-order valence-corrected chi connectivity index (χ3v) is 12.0. The van der Waals surface area contributed by atoms with Crippen LogP contribution in [0.25, 0.3) is 66.8 Å². The van der Waals surface area contributed by atoms with E-state index in [1.54, 1.807) is 37.4 Å². The van der Waals surface area contributed by atoms with Crippen molar-refractivity contribution in [1.82, 2.24) is 10.6 Å². The predicted molar refractivity (Wildman–Crippen MR) is 260 cm³/mol. The first-order valence-corrected chi connectivity index (χ1v) is 21.6. The summed E-state index contributed by atoms with van der Waals surface area (Å²) < 4.78 is 12.5. The number of aromatic carboxylic acids is 3. The van der Waals surface area contributed by atoms with E-state index < -0.39 is 35.2 Å². The minimum absolute atomic E-state index is 0.00892. The molecule has 0 bridgehead atoms. The second kappa shape index (κ2) is 18.3. The molecule has 0 spiro atoms. The standard InChI is InChI=1S/C54H40N4O12/c1-55-31-10-15-36-44(22-31)69-45-23-32(58(2)3)11-16-37(45)47(36)34-13-8-29(20-40(34)53(65)66)51(62)56-25-27-4-6-28(7-5-27)50(61)57-26-42-43(60)19-18-39-48(38-17-12-33(59)24-46(38)70-49(39)42)35-14-9-30(52(63)64)21-41(35)54(67)68/h4-24,59H,25-26H2,1-3H3,(H,56,62)(H,57,61)(H,63,64)(H,65,66)(H,67,68)/b55-31-. The molecule has 0 aromatic heterocycles. The van der Waals surface area contributed by atoms with Crippen molar-refractivity contribution in [3.8, 4) is 50.7 Å². The Morgan fingerprint density at radius 3 is 1.80 bits per heavy atom. The van der Waals surface area contributed by atoms with Crippen molar-refractivity contribution in [1.29, 1.82) is 0 Å². The molecule has 9 rings (SSSR count). The summed E-state index contributed by atoms with van der Waals surface area (Å²) >= 11 is 0. The number of aromatic hydroxyl groups is 1. The van der Waals surface area contributed by atoms with Gasteiger partial charge in [0.05, 0.1) is 34.2 Å². The van der Waals surface area contributed by atoms with Crippen molar-refractivity contribution in [3.05, 3.63) is 182 Å². The largest absolute Gasteiger partial charge is 0.508 e. The lowest BCUT2D eigenvalue weighted by Gasteiger charge is -2.19. The van der Waals surface area contributed by atoms with Gasteiger partial charge in [0.2, 0.25) is 0 Å². The number of amides is 2. The van der Waals surface area contributed by atoms with Crippen LogP contribution in [0.2, 0.25) is 0 Å². The van der Waals surface area contributed by atoms with Crippen LogP contribution in [0.3, 0.4) is 0 Å². The summed E-state index contributed by atoms with van der Waals surface area (Å²) in [5.41, 5.74) is 3.73. The first-order valence-electron chi connectivity index (χ1n) is 21.6. The molecule has 2 amide bonds. The SMILES string of the molecule is C/N=c1/ccc2c(-c3ccc(C(=O)NCc4ccc(C(=O)NCc5c6oc7cc(O)ccc7c(-c7ccc(C(=O)O)cc7C(=O)O)c-6ccc5=O)cc4)cc3C(=O)O)c3ccc(N(C)C)cc3oc-2c1. The van der Waals surface area contributed by atoms with Gasteiger partial charge in [-0.15, -0.1) is 0 Å². The molecule has 2 aliphatic carbocycles. The van der Waals surface area contributed by atoms with Crippen LogP contribution in [0.4, 0.5) is 5.69 Å². The zero-order valence-corrected chi connectivity index (χ0v) is 37.5. The van der Waals surface area contributed by atoms with Crippen LogP contribution in [0.15, 0.2) is 146 Å². The monoisotopic (exact) mass is 936 g/mol. The van der Waals surface area contributed by atoms with E-state index in [1.807, 2.05) is 49.3 Å². The zero-order valence-electron chi connectivity index (χ0n) is 37.5. The second-order valence-electron chi connectivity index (χ2n) is 16.5. The number of carboxylic acids is 3. The second-order valence-corrected chi connectivity index (χ2v) is 16.5. The van der Waals surface area contributed by atoms with E-state index in [1.165, 1.54) is 60.7 Å². The molecule has 348 valence electrons. The van der Waals surface area contributed by atoms with Crippen molar-refractivity contribution in [2.45, 2.75) is 13.1 Å². The van der Waals surface area contributed by atoms with Gasteiger partial charge in [-0.1, -0.05) is 24.3 Å². The average molecular weight is 937 g/mol. The molecular formula is C54H40N4O12. The summed E-state index contributed by atoms with van der Waals surface area (Å²) in [5.74, 6) is -4.70. The lowest BCUT2D eigenvalue weighted by Crippen LogP contribution is -2.27. The van der Waals surface area contributed by atoms with E-state index in [0.29, 0.717) is 60.9 Å². The van der Waals surface area contributed by atoms with E-state index in [9.17, 15) is 49.2 Å². The summed E-state index contributed by atoms with van der Waals surface area (Å²) in [6.45, 7) is -0.286. The molecule has 6 N–H and O–H groups in total. The lowest BCUT2D eigenvalue weighted by molar-refractivity contribution is 0.0682. The molecule has 5 aromatic carbocycles. The molecule has 0 saturated carbocycles. The number of hydrogen-bond acceptors (Lipinski definition) is 11. The maximum atomic E-state index is 13.5. The number of nitrogens with one attached hydrogen (secondary N) is 2. The van der Waals surface area contributed by atoms with Crippen molar-refractivity contribution < 1.29 is 53.2 Å². The van der Waals surface area contributed by atoms with E-state index in [2.05, 4.69) is 15.6 Å². The fourth-order valence-electron chi connectivity index (χ4n) is 8.49. The van der Waals surface area contributed by atoms with Gasteiger partial charge in [-0.05, 0) is 102 Å². The first kappa shape index (κ1) is 45.6. The molecular weight excluding hydrogens is 897 g/mol. The van der Waals surface area contributed by atoms with Crippen LogP contribution < -0.4 is 26.3 Å². The molecule has 4 aliphatic rings. The Hall–Kier alpha value is -9.57. The highest BCUT2D eigenvalue weighted by atomic mass is 16.4. The third-order valence-electron chi connectivity index (χ3n) is 12.0. The number of nitrogens with zero attached hydrogens (tertiary/aromatic N) is 2. The molecule has 16 nitrogen and oxygen atoms in total. The maximum absolute atomic E-state index is 13.5. The number of phenolic OH excluding ortho intramolecular Hbond substituents is 1. The summed E-state index contributed by atoms with van der Waals surface area (Å²) in [5, 5.41) is 47.8. The van der Waals surface area contributed by atoms with E-state index in [4.69, 9.17) is 8.83 Å². The number of phenols is 1. The fourth-order valence-corrected chi connectivity index (χ4v) is 8.49. The van der Waals surface area contributed by atoms with Crippen LogP contribution in [0.1, 0.15) is 62.9 Å². The highest BCUT2D eigenvalue weighted by molar-refractivity contribution is 6.11. The molecule has 0 radical (unpaired) electrons. The number of carboxylic acid groups (broad SMARTS) is 3. The molecule has 0 fully saturated rings. The zero-order chi connectivity index (χ0) is 49.5. The first-order chi connectivity index (χ1) is 33.6. The summed E-state index contributed by atoms with van der Waals surface area (Å²) in [6, 6.07) is 32.5. The number of carbonyl (C=O) groups is 5. The topological polar surface area (TPSA) is 249 Å². The van der Waals surface area contributed by atoms with E-state index in [0.717, 1.165) is 11.8 Å². The van der Waals surface area contributed by atoms with Gasteiger partial charge in [0.1, 0.15) is 28.4 Å². The highest BCUT2D eigenvalue weighted by Crippen LogP contribution is 2.44. The number of fused-ring (bicyclic) bond motifs is 4. The number of anilines is 1. The average Bonchev–Trinajstić information content (AvgIpc) is 3.35. The van der Waals surface area contributed by atoms with Crippen LogP contribution in [-0.2, 0) is 13.1 Å². The minimum atomic E-state index is -1.40. The molecule has 0 atom stereocenters. The molecule has 16 heteroatoms. The Morgan fingerprint density at radius 2 is 1.14 bits per heavy atom. The van der Waals surface area contributed by atoms with Crippen LogP contribution in [0.5, 0.6) is 5.75 Å². The van der Waals surface area contributed by atoms with Gasteiger partial charge >= 0.3 is 17.9 Å².